The Morgan fingerprint density at radius 3 is 2.60 bits per heavy atom. The summed E-state index contributed by atoms with van der Waals surface area (Å²) in [5.74, 6) is -0.228. The van der Waals surface area contributed by atoms with Gasteiger partial charge in [0, 0.05) is 6.42 Å². The zero-order valence-electron chi connectivity index (χ0n) is 11.4. The molecule has 3 N–H and O–H groups in total. The number of nitrogens with two attached hydrogens (primary N) is 1. The quantitative estimate of drug-likeness (QED) is 0.730. The van der Waals surface area contributed by atoms with Crippen LogP contribution in [0.15, 0.2) is 30.3 Å². The first-order valence-electron chi connectivity index (χ1n) is 6.85. The molecule has 0 spiro atoms. The van der Waals surface area contributed by atoms with E-state index in [0.717, 1.165) is 5.56 Å². The molecular weight excluding hydrogens is 256 g/mol. The molecule has 0 heterocycles. The minimum atomic E-state index is -0.700. The SMILES string of the molecule is NC(=O)[C@@H](Cc1ccccc1)NC(=O)COCC1CC1. The number of benzene rings is 1. The van der Waals surface area contributed by atoms with Crippen LogP contribution in [0.3, 0.4) is 0 Å². The lowest BCUT2D eigenvalue weighted by Crippen LogP contribution is -2.47. The third-order valence-electron chi connectivity index (χ3n) is 3.24. The van der Waals surface area contributed by atoms with E-state index in [4.69, 9.17) is 10.5 Å². The van der Waals surface area contributed by atoms with Gasteiger partial charge in [-0.1, -0.05) is 30.3 Å². The van der Waals surface area contributed by atoms with E-state index >= 15 is 0 Å². The number of carbonyl (C=O) groups excluding carboxylic acids is 2. The zero-order valence-corrected chi connectivity index (χ0v) is 11.4. The van der Waals surface area contributed by atoms with Gasteiger partial charge >= 0.3 is 0 Å². The molecule has 0 unspecified atom stereocenters. The highest BCUT2D eigenvalue weighted by molar-refractivity contribution is 5.87. The van der Waals surface area contributed by atoms with Crippen molar-refractivity contribution in [1.29, 1.82) is 0 Å². The van der Waals surface area contributed by atoms with Crippen LogP contribution in [0.2, 0.25) is 0 Å². The predicted octanol–water partition coefficient (Wildman–Crippen LogP) is 0.626. The maximum absolute atomic E-state index is 11.7. The predicted molar refractivity (Wildman–Crippen MR) is 74.8 cm³/mol. The van der Waals surface area contributed by atoms with Crippen molar-refractivity contribution in [3.05, 3.63) is 35.9 Å². The Morgan fingerprint density at radius 2 is 2.00 bits per heavy atom. The van der Waals surface area contributed by atoms with Crippen LogP contribution in [0.5, 0.6) is 0 Å². The fraction of sp³-hybridized carbons (Fsp3) is 0.467. The Kier molecular flexibility index (Phi) is 5.12. The Bertz CT molecular complexity index is 457. The van der Waals surface area contributed by atoms with Crippen molar-refractivity contribution in [1.82, 2.24) is 5.32 Å². The molecule has 5 nitrogen and oxygen atoms in total. The highest BCUT2D eigenvalue weighted by atomic mass is 16.5. The minimum absolute atomic E-state index is 0.0188. The smallest absolute Gasteiger partial charge is 0.246 e. The molecule has 0 aromatic heterocycles. The standard InChI is InChI=1S/C15H20N2O3/c16-15(19)13(8-11-4-2-1-3-5-11)17-14(18)10-20-9-12-6-7-12/h1-5,12-13H,6-10H2,(H2,16,19)(H,17,18)/t13-/m1/s1. The molecule has 1 aliphatic rings. The highest BCUT2D eigenvalue weighted by Gasteiger charge is 2.22. The molecule has 1 atom stereocenters. The number of ether oxygens (including phenoxy) is 1. The number of amides is 2. The fourth-order valence-corrected chi connectivity index (χ4v) is 1.91. The van der Waals surface area contributed by atoms with E-state index in [2.05, 4.69) is 5.32 Å². The monoisotopic (exact) mass is 276 g/mol. The van der Waals surface area contributed by atoms with Gasteiger partial charge in [0.15, 0.2) is 0 Å². The van der Waals surface area contributed by atoms with Crippen LogP contribution in [-0.4, -0.2) is 31.1 Å². The first-order valence-corrected chi connectivity index (χ1v) is 6.85. The number of carbonyl (C=O) groups is 2. The van der Waals surface area contributed by atoms with Crippen molar-refractivity contribution in [2.45, 2.75) is 25.3 Å². The summed E-state index contributed by atoms with van der Waals surface area (Å²) in [5, 5.41) is 2.62. The molecular formula is C15H20N2O3. The molecule has 0 aliphatic heterocycles. The summed E-state index contributed by atoms with van der Waals surface area (Å²) in [5.41, 5.74) is 6.28. The average molecular weight is 276 g/mol. The van der Waals surface area contributed by atoms with Gasteiger partial charge in [-0.15, -0.1) is 0 Å². The van der Waals surface area contributed by atoms with Crippen LogP contribution in [0.4, 0.5) is 0 Å². The van der Waals surface area contributed by atoms with Gasteiger partial charge in [-0.25, -0.2) is 0 Å². The van der Waals surface area contributed by atoms with Crippen molar-refractivity contribution in [3.63, 3.8) is 0 Å². The molecule has 2 amide bonds. The highest BCUT2D eigenvalue weighted by Crippen LogP contribution is 2.28. The molecule has 1 fully saturated rings. The largest absolute Gasteiger partial charge is 0.371 e. The molecule has 5 heteroatoms. The van der Waals surface area contributed by atoms with Gasteiger partial charge in [0.25, 0.3) is 0 Å². The Labute approximate surface area is 118 Å². The maximum atomic E-state index is 11.7. The Balaban J connectivity index is 1.78. The molecule has 108 valence electrons. The molecule has 0 radical (unpaired) electrons. The molecule has 1 aliphatic carbocycles. The van der Waals surface area contributed by atoms with E-state index in [1.807, 2.05) is 30.3 Å². The van der Waals surface area contributed by atoms with Crippen LogP contribution < -0.4 is 11.1 Å². The zero-order chi connectivity index (χ0) is 14.4. The summed E-state index contributed by atoms with van der Waals surface area (Å²) in [4.78, 5) is 23.1. The summed E-state index contributed by atoms with van der Waals surface area (Å²) < 4.78 is 5.29. The van der Waals surface area contributed by atoms with E-state index in [-0.39, 0.29) is 12.5 Å². The number of primary amides is 1. The summed E-state index contributed by atoms with van der Waals surface area (Å²) in [7, 11) is 0. The summed E-state index contributed by atoms with van der Waals surface area (Å²) in [6.07, 6.45) is 2.75. The number of nitrogens with one attached hydrogen (secondary N) is 1. The second-order valence-corrected chi connectivity index (χ2v) is 5.17. The number of hydrogen-bond donors (Lipinski definition) is 2. The van der Waals surface area contributed by atoms with E-state index in [0.29, 0.717) is 18.9 Å². The van der Waals surface area contributed by atoms with E-state index in [9.17, 15) is 9.59 Å². The number of rotatable bonds is 8. The Hall–Kier alpha value is -1.88. The van der Waals surface area contributed by atoms with E-state index in [1.165, 1.54) is 12.8 Å². The third kappa shape index (κ3) is 5.01. The lowest BCUT2D eigenvalue weighted by atomic mass is 10.1. The van der Waals surface area contributed by atoms with Gasteiger partial charge in [-0.2, -0.15) is 0 Å². The summed E-state index contributed by atoms with van der Waals surface area (Å²) >= 11 is 0. The van der Waals surface area contributed by atoms with Crippen molar-refractivity contribution < 1.29 is 14.3 Å². The topological polar surface area (TPSA) is 81.4 Å². The molecule has 1 aromatic carbocycles. The Morgan fingerprint density at radius 1 is 1.30 bits per heavy atom. The van der Waals surface area contributed by atoms with Crippen molar-refractivity contribution in [2.75, 3.05) is 13.2 Å². The van der Waals surface area contributed by atoms with Crippen LogP contribution in [0.1, 0.15) is 18.4 Å². The minimum Gasteiger partial charge on any atom is -0.371 e. The van der Waals surface area contributed by atoms with E-state index in [1.54, 1.807) is 0 Å². The second kappa shape index (κ2) is 7.05. The maximum Gasteiger partial charge on any atom is 0.246 e. The summed E-state index contributed by atoms with van der Waals surface area (Å²) in [6, 6.07) is 8.75. The molecule has 1 saturated carbocycles. The molecule has 20 heavy (non-hydrogen) atoms. The molecule has 0 bridgehead atoms. The number of hydrogen-bond acceptors (Lipinski definition) is 3. The molecule has 1 aromatic rings. The first kappa shape index (κ1) is 14.5. The lowest BCUT2D eigenvalue weighted by molar-refractivity contribution is -0.130. The van der Waals surface area contributed by atoms with Gasteiger partial charge in [-0.3, -0.25) is 9.59 Å². The van der Waals surface area contributed by atoms with Crippen LogP contribution in [0, 0.1) is 5.92 Å². The third-order valence-corrected chi connectivity index (χ3v) is 3.24. The molecule has 2 rings (SSSR count). The van der Waals surface area contributed by atoms with Crippen molar-refractivity contribution >= 4 is 11.8 Å². The second-order valence-electron chi connectivity index (χ2n) is 5.17. The summed E-state index contributed by atoms with van der Waals surface area (Å²) in [6.45, 7) is 0.600. The van der Waals surface area contributed by atoms with Crippen molar-refractivity contribution in [2.24, 2.45) is 11.7 Å². The van der Waals surface area contributed by atoms with Gasteiger partial charge in [-0.05, 0) is 24.3 Å². The lowest BCUT2D eigenvalue weighted by Gasteiger charge is -2.15. The molecule has 0 saturated heterocycles. The van der Waals surface area contributed by atoms with Crippen LogP contribution >= 0.6 is 0 Å². The fourth-order valence-electron chi connectivity index (χ4n) is 1.91. The normalized spacial score (nSPS) is 15.6. The van der Waals surface area contributed by atoms with Gasteiger partial charge in [0.05, 0.1) is 6.61 Å². The van der Waals surface area contributed by atoms with Crippen LogP contribution in [0.25, 0.3) is 0 Å². The van der Waals surface area contributed by atoms with E-state index < -0.39 is 11.9 Å². The van der Waals surface area contributed by atoms with Crippen molar-refractivity contribution in [3.8, 4) is 0 Å². The first-order chi connectivity index (χ1) is 9.65. The average Bonchev–Trinajstić information content (AvgIpc) is 3.23. The van der Waals surface area contributed by atoms with Crippen LogP contribution in [-0.2, 0) is 20.7 Å². The van der Waals surface area contributed by atoms with Gasteiger partial charge < -0.3 is 15.8 Å². The van der Waals surface area contributed by atoms with Gasteiger partial charge in [0.1, 0.15) is 12.6 Å². The van der Waals surface area contributed by atoms with Gasteiger partial charge in [0.2, 0.25) is 11.8 Å².